The summed E-state index contributed by atoms with van der Waals surface area (Å²) < 4.78 is 24.7. The van der Waals surface area contributed by atoms with E-state index in [2.05, 4.69) is 290 Å². The summed E-state index contributed by atoms with van der Waals surface area (Å²) in [4.78, 5) is 31.5. The first-order valence-electron chi connectivity index (χ1n) is 37.8. The van der Waals surface area contributed by atoms with Crippen molar-refractivity contribution in [1.82, 2.24) is 34.5 Å². The van der Waals surface area contributed by atoms with Gasteiger partial charge >= 0.3 is 0 Å². The summed E-state index contributed by atoms with van der Waals surface area (Å²) in [5.41, 5.74) is 20.0. The van der Waals surface area contributed by atoms with Crippen LogP contribution in [-0.4, -0.2) is 34.5 Å². The second kappa shape index (κ2) is 24.7. The summed E-state index contributed by atoms with van der Waals surface area (Å²) in [6.45, 7) is 0. The lowest BCUT2D eigenvalue weighted by Gasteiger charge is -2.14. The quantitative estimate of drug-likeness (QED) is 0.123. The largest absolute Gasteiger partial charge is 0.456 e. The van der Waals surface area contributed by atoms with Gasteiger partial charge in [0.1, 0.15) is 33.5 Å². The molecule has 7 aromatic heterocycles. The van der Waals surface area contributed by atoms with E-state index in [1.807, 2.05) is 60.7 Å². The number of rotatable bonds is 10. The molecule has 0 aliphatic rings. The predicted octanol–water partition coefficient (Wildman–Crippen LogP) is 27.7. The van der Waals surface area contributed by atoms with Crippen molar-refractivity contribution in [2.45, 2.75) is 0 Å². The molecule has 0 fully saturated rings. The first-order valence-corrected chi connectivity index (χ1v) is 38.7. The van der Waals surface area contributed by atoms with Gasteiger partial charge in [-0.3, -0.25) is 0 Å². The molecule has 113 heavy (non-hydrogen) atoms. The van der Waals surface area contributed by atoms with Gasteiger partial charge in [0.25, 0.3) is 0 Å². The maximum absolute atomic E-state index is 6.78. The first-order chi connectivity index (χ1) is 55.9. The van der Waals surface area contributed by atoms with Gasteiger partial charge in [0.05, 0.1) is 11.0 Å². The van der Waals surface area contributed by atoms with Crippen molar-refractivity contribution in [2.75, 3.05) is 0 Å². The number of benzene rings is 17. The van der Waals surface area contributed by atoms with Gasteiger partial charge in [0.15, 0.2) is 34.9 Å². The van der Waals surface area contributed by atoms with Gasteiger partial charge in [-0.05, 0) is 169 Å². The van der Waals surface area contributed by atoms with Crippen LogP contribution in [0.5, 0.6) is 0 Å². The fraction of sp³-hybridized carbons (Fsp3) is 0. The van der Waals surface area contributed by atoms with Crippen LogP contribution in [0.1, 0.15) is 0 Å². The minimum absolute atomic E-state index is 0.521. The van der Waals surface area contributed by atoms with Gasteiger partial charge in [0, 0.05) is 102 Å². The molecule has 0 saturated heterocycles. The van der Waals surface area contributed by atoms with E-state index in [1.54, 1.807) is 11.3 Å². The van der Waals surface area contributed by atoms with Gasteiger partial charge in [0.2, 0.25) is 0 Å². The highest BCUT2D eigenvalue weighted by Crippen LogP contribution is 2.46. The zero-order chi connectivity index (χ0) is 73.9. The molecule has 24 aromatic rings. The Morgan fingerprint density at radius 3 is 1.30 bits per heavy atom. The lowest BCUT2D eigenvalue weighted by molar-refractivity contribution is 0.668. The number of nitrogens with zero attached hydrogens (tertiary/aromatic N) is 7. The molecule has 0 unspecified atom stereocenters. The van der Waals surface area contributed by atoms with Crippen molar-refractivity contribution in [1.29, 1.82) is 0 Å². The van der Waals surface area contributed by atoms with Gasteiger partial charge in [-0.25, -0.2) is 29.9 Å². The zero-order valence-electron chi connectivity index (χ0n) is 60.2. The molecule has 10 nitrogen and oxygen atoms in total. The Bertz CT molecular complexity index is 8120. The van der Waals surface area contributed by atoms with E-state index in [1.165, 1.54) is 69.7 Å². The molecule has 24 rings (SSSR count). The highest BCUT2D eigenvalue weighted by atomic mass is 32.1. The molecule has 17 aromatic carbocycles. The van der Waals surface area contributed by atoms with Crippen LogP contribution in [-0.2, 0) is 0 Å². The molecule has 7 heterocycles. The Morgan fingerprint density at radius 1 is 0.204 bits per heavy atom. The monoisotopic (exact) mass is 1460 g/mol. The van der Waals surface area contributed by atoms with Crippen LogP contribution in [0.2, 0.25) is 0 Å². The smallest absolute Gasteiger partial charge is 0.165 e. The molecule has 0 spiro atoms. The van der Waals surface area contributed by atoms with Crippen molar-refractivity contribution < 1.29 is 13.3 Å². The summed E-state index contributed by atoms with van der Waals surface area (Å²) in [6.07, 6.45) is 0. The molecule has 524 valence electrons. The summed E-state index contributed by atoms with van der Waals surface area (Å²) in [6, 6.07) is 122. The number of thiophene rings is 1. The number of fused-ring (bicyclic) bond motifs is 21. The van der Waals surface area contributed by atoms with Crippen molar-refractivity contribution >= 4 is 151 Å². The van der Waals surface area contributed by atoms with Crippen LogP contribution in [0.15, 0.2) is 359 Å². The number of aromatic nitrogens is 7. The van der Waals surface area contributed by atoms with Crippen LogP contribution in [0, 0.1) is 0 Å². The molecule has 0 N–H and O–H groups in total. The Kier molecular flexibility index (Phi) is 13.8. The maximum Gasteiger partial charge on any atom is 0.165 e. The Morgan fingerprint density at radius 2 is 0.611 bits per heavy atom. The molecular formula is C102H57N7O3S. The first kappa shape index (κ1) is 62.9. The molecule has 0 saturated carbocycles. The van der Waals surface area contributed by atoms with E-state index < -0.39 is 0 Å². The fourth-order valence-corrected chi connectivity index (χ4v) is 18.5. The molecule has 0 atom stereocenters. The van der Waals surface area contributed by atoms with E-state index in [0.29, 0.717) is 34.9 Å². The number of hydrogen-bond acceptors (Lipinski definition) is 10. The van der Waals surface area contributed by atoms with Crippen LogP contribution in [0.25, 0.3) is 248 Å². The lowest BCUT2D eigenvalue weighted by atomic mass is 9.90. The summed E-state index contributed by atoms with van der Waals surface area (Å²) in [5, 5.41) is 17.9. The van der Waals surface area contributed by atoms with Crippen molar-refractivity contribution in [3.05, 3.63) is 346 Å². The van der Waals surface area contributed by atoms with Crippen LogP contribution < -0.4 is 0 Å². The van der Waals surface area contributed by atoms with Crippen molar-refractivity contribution in [3.63, 3.8) is 0 Å². The summed E-state index contributed by atoms with van der Waals surface area (Å²) >= 11 is 1.77. The molecule has 0 amide bonds. The normalized spacial score (nSPS) is 12.1. The number of hydrogen-bond donors (Lipinski definition) is 0. The maximum atomic E-state index is 6.78. The highest BCUT2D eigenvalue weighted by molar-refractivity contribution is 7.26. The fourth-order valence-electron chi connectivity index (χ4n) is 17.3. The molecule has 0 radical (unpaired) electrons. The van der Waals surface area contributed by atoms with Crippen molar-refractivity contribution in [2.24, 2.45) is 0 Å². The SMILES string of the molecule is c1ccc(-c2ccc3c4ccccc4n(-c4ccc5oc6cc(-c7nc(-c8ccc(-c9ccc%10c%11ccc(-c%12ccc%13oc%14cc(-c%15nc(-c%16ccccc%16)nc(-c%16cccc%17c%16sc%16ccccc%16%17)n%15)ccc%14c%13c%12)cc%11c%11ccccc%11c%10c9)cc8)nc(-c8cccc9oc%10ccccc%10c89)n7)ccc6c5c4)c3c2)cc1. The Labute approximate surface area is 648 Å². The standard InChI is InChI=1S/C102H57N7O3S/c1-3-17-58(18-4-1)65-39-46-74-73-23-9-12-29-86(73)109(87(74)54-65)68-43-50-90-85(57-68)76-48-41-66(56-93(76)112-90)99-104-98(105-101(107-99)80-27-16-31-91-95(80)79-25-10-13-30-88(79)110-91)61-35-33-59(34-36-61)62-37-44-71-72-45-38-63(52-83(72)70-22-8-7-21-69(70)82(71)51-62)64-42-49-89-84(53-64)75-47-40-67(55-92(75)111-89)100-103-97(60-19-5-2-6-20-60)106-102(108-100)81-28-15-26-78-77-24-11-14-32-94(77)113-96(78)81/h1-57H. The molecule has 11 heteroatoms. The van der Waals surface area contributed by atoms with Crippen LogP contribution in [0.4, 0.5) is 0 Å². The van der Waals surface area contributed by atoms with Crippen LogP contribution >= 0.6 is 11.3 Å². The zero-order valence-corrected chi connectivity index (χ0v) is 61.0. The average molecular weight is 1460 g/mol. The van der Waals surface area contributed by atoms with E-state index in [0.717, 1.165) is 143 Å². The highest BCUT2D eigenvalue weighted by Gasteiger charge is 2.24. The molecule has 0 aliphatic carbocycles. The lowest BCUT2D eigenvalue weighted by Crippen LogP contribution is -2.00. The van der Waals surface area contributed by atoms with Gasteiger partial charge in [-0.2, -0.15) is 0 Å². The number of para-hydroxylation sites is 2. The average Bonchev–Trinajstić information content (AvgIpc) is 1.43. The third-order valence-electron chi connectivity index (χ3n) is 22.7. The third kappa shape index (κ3) is 10.1. The minimum atomic E-state index is 0.521. The second-order valence-corrected chi connectivity index (χ2v) is 30.2. The third-order valence-corrected chi connectivity index (χ3v) is 23.9. The van der Waals surface area contributed by atoms with E-state index in [4.69, 9.17) is 43.2 Å². The molecular weight excluding hydrogens is 1400 g/mol. The van der Waals surface area contributed by atoms with E-state index >= 15 is 0 Å². The van der Waals surface area contributed by atoms with Crippen molar-refractivity contribution in [3.8, 4) is 107 Å². The summed E-state index contributed by atoms with van der Waals surface area (Å²) in [5.74, 6) is 3.42. The van der Waals surface area contributed by atoms with E-state index in [9.17, 15) is 0 Å². The minimum Gasteiger partial charge on any atom is -0.456 e. The number of furan rings is 3. The second-order valence-electron chi connectivity index (χ2n) is 29.1. The van der Waals surface area contributed by atoms with Crippen LogP contribution in [0.3, 0.4) is 0 Å². The Hall–Kier alpha value is -15.0. The summed E-state index contributed by atoms with van der Waals surface area (Å²) in [7, 11) is 0. The van der Waals surface area contributed by atoms with Gasteiger partial charge in [-0.15, -0.1) is 11.3 Å². The topological polar surface area (TPSA) is 122 Å². The van der Waals surface area contributed by atoms with Gasteiger partial charge in [-0.1, -0.05) is 243 Å². The van der Waals surface area contributed by atoms with E-state index in [-0.39, 0.29) is 0 Å². The predicted molar refractivity (Wildman–Crippen MR) is 464 cm³/mol. The Balaban J connectivity index is 0.564. The molecule has 0 bridgehead atoms. The molecule has 0 aliphatic heterocycles. The van der Waals surface area contributed by atoms with Gasteiger partial charge < -0.3 is 17.8 Å².